The van der Waals surface area contributed by atoms with E-state index in [0.717, 1.165) is 0 Å². The van der Waals surface area contributed by atoms with Gasteiger partial charge in [0.1, 0.15) is 0 Å². The number of amides is 1. The molecular formula is C22H27NO2. The van der Waals surface area contributed by atoms with Gasteiger partial charge in [-0.2, -0.15) is 0 Å². The second-order valence-electron chi connectivity index (χ2n) is 8.44. The zero-order chi connectivity index (χ0) is 18.8. The first-order valence-corrected chi connectivity index (χ1v) is 8.55. The molecule has 0 spiro atoms. The fourth-order valence-electron chi connectivity index (χ4n) is 2.35. The predicted octanol–water partition coefficient (Wildman–Crippen LogP) is 5.20. The van der Waals surface area contributed by atoms with Gasteiger partial charge in [0, 0.05) is 22.2 Å². The molecule has 0 aliphatic carbocycles. The third-order valence-electron chi connectivity index (χ3n) is 4.08. The van der Waals surface area contributed by atoms with Crippen LogP contribution in [0.3, 0.4) is 0 Å². The molecule has 0 fully saturated rings. The number of carbonyl (C=O) groups excluding carboxylic acids is 2. The highest BCUT2D eigenvalue weighted by Gasteiger charge is 2.21. The van der Waals surface area contributed by atoms with E-state index < -0.39 is 5.41 Å². The van der Waals surface area contributed by atoms with Gasteiger partial charge in [-0.1, -0.05) is 77.9 Å². The van der Waals surface area contributed by atoms with Gasteiger partial charge in [-0.3, -0.25) is 9.59 Å². The van der Waals surface area contributed by atoms with Crippen molar-refractivity contribution in [3.63, 3.8) is 0 Å². The summed E-state index contributed by atoms with van der Waals surface area (Å²) < 4.78 is 0. The maximum atomic E-state index is 12.7. The maximum absolute atomic E-state index is 12.7. The molecule has 0 aromatic heterocycles. The Bertz CT molecular complexity index is 775. The Morgan fingerprint density at radius 2 is 1.40 bits per heavy atom. The molecule has 2 aromatic rings. The van der Waals surface area contributed by atoms with Crippen molar-refractivity contribution >= 4 is 17.4 Å². The molecule has 1 N–H and O–H groups in total. The number of ketones is 1. The van der Waals surface area contributed by atoms with E-state index in [1.165, 1.54) is 5.56 Å². The Labute approximate surface area is 150 Å². The quantitative estimate of drug-likeness (QED) is 0.783. The van der Waals surface area contributed by atoms with E-state index in [9.17, 15) is 9.59 Å². The zero-order valence-electron chi connectivity index (χ0n) is 15.9. The summed E-state index contributed by atoms with van der Waals surface area (Å²) in [6.45, 7) is 12.0. The lowest BCUT2D eigenvalue weighted by molar-refractivity contribution is -0.123. The number of carbonyl (C=O) groups is 2. The summed E-state index contributed by atoms with van der Waals surface area (Å²) in [5.74, 6) is -0.126. The number of anilines is 1. The number of hydrogen-bond acceptors (Lipinski definition) is 2. The van der Waals surface area contributed by atoms with E-state index in [1.54, 1.807) is 24.3 Å². The van der Waals surface area contributed by atoms with Crippen LogP contribution in [0, 0.1) is 5.41 Å². The fraction of sp³-hybridized carbons (Fsp3) is 0.364. The van der Waals surface area contributed by atoms with Crippen LogP contribution in [0.5, 0.6) is 0 Å². The standard InChI is InChI=1S/C22H27NO2/c1-21(2,3)17-12-10-15(11-13-17)19(24)16-8-7-9-18(14-16)23-20(25)22(4,5)6/h7-14H,1-6H3,(H,23,25). The smallest absolute Gasteiger partial charge is 0.229 e. The molecule has 0 aliphatic rings. The summed E-state index contributed by atoms with van der Waals surface area (Å²) >= 11 is 0. The van der Waals surface area contributed by atoms with Crippen molar-refractivity contribution < 1.29 is 9.59 Å². The minimum atomic E-state index is -0.483. The second-order valence-corrected chi connectivity index (χ2v) is 8.44. The molecule has 0 aliphatic heterocycles. The van der Waals surface area contributed by atoms with Crippen molar-refractivity contribution in [2.45, 2.75) is 47.0 Å². The van der Waals surface area contributed by atoms with Crippen LogP contribution >= 0.6 is 0 Å². The van der Waals surface area contributed by atoms with E-state index in [0.29, 0.717) is 16.8 Å². The molecule has 0 atom stereocenters. The molecule has 2 rings (SSSR count). The van der Waals surface area contributed by atoms with Crippen LogP contribution < -0.4 is 5.32 Å². The predicted molar refractivity (Wildman–Crippen MR) is 103 cm³/mol. The topological polar surface area (TPSA) is 46.2 Å². The highest BCUT2D eigenvalue weighted by molar-refractivity contribution is 6.09. The minimum Gasteiger partial charge on any atom is -0.326 e. The van der Waals surface area contributed by atoms with Crippen LogP contribution in [0.4, 0.5) is 5.69 Å². The third-order valence-corrected chi connectivity index (χ3v) is 4.08. The Balaban J connectivity index is 2.23. The van der Waals surface area contributed by atoms with Crippen molar-refractivity contribution in [3.05, 3.63) is 65.2 Å². The molecule has 2 aromatic carbocycles. The van der Waals surface area contributed by atoms with E-state index in [-0.39, 0.29) is 17.1 Å². The van der Waals surface area contributed by atoms with Gasteiger partial charge < -0.3 is 5.32 Å². The fourth-order valence-corrected chi connectivity index (χ4v) is 2.35. The van der Waals surface area contributed by atoms with Gasteiger partial charge in [-0.05, 0) is 23.1 Å². The van der Waals surface area contributed by atoms with Crippen molar-refractivity contribution in [1.29, 1.82) is 0 Å². The molecule has 0 unspecified atom stereocenters. The normalized spacial score (nSPS) is 11.9. The van der Waals surface area contributed by atoms with Crippen molar-refractivity contribution in [2.24, 2.45) is 5.41 Å². The van der Waals surface area contributed by atoms with E-state index in [4.69, 9.17) is 0 Å². The molecule has 0 saturated heterocycles. The summed E-state index contributed by atoms with van der Waals surface area (Å²) in [7, 11) is 0. The lowest BCUT2D eigenvalue weighted by Crippen LogP contribution is -2.27. The molecule has 0 heterocycles. The van der Waals surface area contributed by atoms with Gasteiger partial charge in [0.15, 0.2) is 5.78 Å². The summed E-state index contributed by atoms with van der Waals surface area (Å²) in [5, 5.41) is 2.87. The summed E-state index contributed by atoms with van der Waals surface area (Å²) in [6.07, 6.45) is 0. The van der Waals surface area contributed by atoms with Gasteiger partial charge in [0.25, 0.3) is 0 Å². The maximum Gasteiger partial charge on any atom is 0.229 e. The number of rotatable bonds is 3. The van der Waals surface area contributed by atoms with Crippen LogP contribution in [-0.4, -0.2) is 11.7 Å². The van der Waals surface area contributed by atoms with Crippen molar-refractivity contribution in [1.82, 2.24) is 0 Å². The molecule has 0 radical (unpaired) electrons. The van der Waals surface area contributed by atoms with Crippen molar-refractivity contribution in [2.75, 3.05) is 5.32 Å². The van der Waals surface area contributed by atoms with Gasteiger partial charge in [-0.15, -0.1) is 0 Å². The summed E-state index contributed by atoms with van der Waals surface area (Å²) in [4.78, 5) is 24.9. The first kappa shape index (κ1) is 18.9. The van der Waals surface area contributed by atoms with Crippen LogP contribution in [0.25, 0.3) is 0 Å². The lowest BCUT2D eigenvalue weighted by atomic mass is 9.86. The Morgan fingerprint density at radius 1 is 0.800 bits per heavy atom. The number of hydrogen-bond donors (Lipinski definition) is 1. The molecule has 0 bridgehead atoms. The second kappa shape index (κ2) is 6.83. The molecule has 3 nitrogen and oxygen atoms in total. The first-order chi connectivity index (χ1) is 11.5. The van der Waals surface area contributed by atoms with E-state index >= 15 is 0 Å². The van der Waals surface area contributed by atoms with E-state index in [1.807, 2.05) is 45.0 Å². The average Bonchev–Trinajstić information content (AvgIpc) is 2.53. The average molecular weight is 337 g/mol. The number of benzene rings is 2. The lowest BCUT2D eigenvalue weighted by Gasteiger charge is -2.19. The van der Waals surface area contributed by atoms with Crippen molar-refractivity contribution in [3.8, 4) is 0 Å². The van der Waals surface area contributed by atoms with Crippen LogP contribution in [0.1, 0.15) is 63.0 Å². The first-order valence-electron chi connectivity index (χ1n) is 8.55. The molecule has 0 saturated carbocycles. The molecule has 25 heavy (non-hydrogen) atoms. The van der Waals surface area contributed by atoms with Crippen LogP contribution in [0.15, 0.2) is 48.5 Å². The van der Waals surface area contributed by atoms with Crippen LogP contribution in [0.2, 0.25) is 0 Å². The Kier molecular flexibility index (Phi) is 5.17. The monoisotopic (exact) mass is 337 g/mol. The molecule has 3 heteroatoms. The largest absolute Gasteiger partial charge is 0.326 e. The SMILES string of the molecule is CC(C)(C)C(=O)Nc1cccc(C(=O)c2ccc(C(C)(C)C)cc2)c1. The summed E-state index contributed by atoms with van der Waals surface area (Å²) in [5.41, 5.74) is 2.61. The molecule has 1 amide bonds. The highest BCUT2D eigenvalue weighted by atomic mass is 16.2. The Morgan fingerprint density at radius 3 is 1.92 bits per heavy atom. The molecular weight excluding hydrogens is 310 g/mol. The zero-order valence-corrected chi connectivity index (χ0v) is 15.9. The van der Waals surface area contributed by atoms with Gasteiger partial charge >= 0.3 is 0 Å². The number of nitrogens with one attached hydrogen (secondary N) is 1. The molecule has 132 valence electrons. The minimum absolute atomic E-state index is 0.0488. The van der Waals surface area contributed by atoms with Crippen LogP contribution in [-0.2, 0) is 10.2 Å². The summed E-state index contributed by atoms with van der Waals surface area (Å²) in [6, 6.07) is 14.8. The Hall–Kier alpha value is -2.42. The van der Waals surface area contributed by atoms with E-state index in [2.05, 4.69) is 26.1 Å². The van der Waals surface area contributed by atoms with Gasteiger partial charge in [0.05, 0.1) is 0 Å². The highest BCUT2D eigenvalue weighted by Crippen LogP contribution is 2.24. The van der Waals surface area contributed by atoms with Gasteiger partial charge in [0.2, 0.25) is 5.91 Å². The third kappa shape index (κ3) is 4.79. The van der Waals surface area contributed by atoms with Gasteiger partial charge in [-0.25, -0.2) is 0 Å².